The molecule has 0 amide bonds. The Morgan fingerprint density at radius 1 is 1.21 bits per heavy atom. The second-order valence-corrected chi connectivity index (χ2v) is 4.44. The molecule has 0 saturated carbocycles. The van der Waals surface area contributed by atoms with Crippen LogP contribution in [0.2, 0.25) is 0 Å². The van der Waals surface area contributed by atoms with E-state index >= 15 is 0 Å². The summed E-state index contributed by atoms with van der Waals surface area (Å²) >= 11 is 0. The van der Waals surface area contributed by atoms with Gasteiger partial charge in [-0.1, -0.05) is 20.8 Å². The average molecular weight is 202 g/mol. The largest absolute Gasteiger partial charge is 0.390 e. The van der Waals surface area contributed by atoms with E-state index in [1.165, 1.54) is 0 Å². The number of aliphatic hydroxyl groups is 1. The van der Waals surface area contributed by atoms with E-state index in [2.05, 4.69) is 20.8 Å². The molecule has 0 aliphatic rings. The van der Waals surface area contributed by atoms with Gasteiger partial charge in [0.05, 0.1) is 17.8 Å². The van der Waals surface area contributed by atoms with Gasteiger partial charge in [0.25, 0.3) is 0 Å². The first-order valence-corrected chi connectivity index (χ1v) is 5.83. The standard InChI is InChI=1S/C12H26O2/c1-6-10(4)14-11(7-2)9-12(5,13)8-3/h10-11,13H,6-9H2,1-5H3. The average Bonchev–Trinajstić information content (AvgIpc) is 2.16. The minimum atomic E-state index is -0.575. The summed E-state index contributed by atoms with van der Waals surface area (Å²) in [5.74, 6) is 0. The monoisotopic (exact) mass is 202 g/mol. The van der Waals surface area contributed by atoms with Crippen molar-refractivity contribution in [3.63, 3.8) is 0 Å². The summed E-state index contributed by atoms with van der Waals surface area (Å²) < 4.78 is 5.83. The Bertz CT molecular complexity index is 143. The lowest BCUT2D eigenvalue weighted by Gasteiger charge is -2.28. The van der Waals surface area contributed by atoms with Crippen LogP contribution in [0.4, 0.5) is 0 Å². The molecule has 0 spiro atoms. The Balaban J connectivity index is 4.02. The van der Waals surface area contributed by atoms with Crippen LogP contribution >= 0.6 is 0 Å². The third-order valence-corrected chi connectivity index (χ3v) is 2.88. The molecule has 0 aromatic rings. The highest BCUT2D eigenvalue weighted by atomic mass is 16.5. The van der Waals surface area contributed by atoms with E-state index in [0.717, 1.165) is 25.7 Å². The van der Waals surface area contributed by atoms with E-state index in [9.17, 15) is 5.11 Å². The van der Waals surface area contributed by atoms with Crippen LogP contribution in [0, 0.1) is 0 Å². The highest BCUT2D eigenvalue weighted by molar-refractivity contribution is 4.75. The number of hydrogen-bond donors (Lipinski definition) is 1. The lowest BCUT2D eigenvalue weighted by molar-refractivity contribution is -0.0599. The van der Waals surface area contributed by atoms with Gasteiger partial charge in [0, 0.05) is 6.42 Å². The van der Waals surface area contributed by atoms with Crippen LogP contribution in [0.5, 0.6) is 0 Å². The van der Waals surface area contributed by atoms with Gasteiger partial charge in [-0.05, 0) is 33.1 Å². The van der Waals surface area contributed by atoms with E-state index < -0.39 is 5.60 Å². The van der Waals surface area contributed by atoms with Gasteiger partial charge in [-0.3, -0.25) is 0 Å². The van der Waals surface area contributed by atoms with Crippen molar-refractivity contribution in [2.24, 2.45) is 0 Å². The van der Waals surface area contributed by atoms with Crippen molar-refractivity contribution in [1.29, 1.82) is 0 Å². The third kappa shape index (κ3) is 5.61. The van der Waals surface area contributed by atoms with E-state index in [1.807, 2.05) is 13.8 Å². The van der Waals surface area contributed by atoms with Gasteiger partial charge in [-0.25, -0.2) is 0 Å². The van der Waals surface area contributed by atoms with Crippen LogP contribution in [-0.4, -0.2) is 22.9 Å². The summed E-state index contributed by atoms with van der Waals surface area (Å²) in [6.07, 6.45) is 4.02. The van der Waals surface area contributed by atoms with Gasteiger partial charge in [-0.2, -0.15) is 0 Å². The fourth-order valence-electron chi connectivity index (χ4n) is 1.35. The third-order valence-electron chi connectivity index (χ3n) is 2.88. The van der Waals surface area contributed by atoms with Crippen molar-refractivity contribution < 1.29 is 9.84 Å². The molecule has 14 heavy (non-hydrogen) atoms. The van der Waals surface area contributed by atoms with E-state index in [-0.39, 0.29) is 6.10 Å². The van der Waals surface area contributed by atoms with Gasteiger partial charge >= 0.3 is 0 Å². The SMILES string of the molecule is CCC(C)OC(CC)CC(C)(O)CC. The molecule has 2 heteroatoms. The molecule has 3 atom stereocenters. The minimum absolute atomic E-state index is 0.194. The van der Waals surface area contributed by atoms with Gasteiger partial charge in [0.15, 0.2) is 0 Å². The maximum Gasteiger partial charge on any atom is 0.0641 e. The van der Waals surface area contributed by atoms with Crippen LogP contribution in [0.15, 0.2) is 0 Å². The molecule has 0 aliphatic carbocycles. The highest BCUT2D eigenvalue weighted by Crippen LogP contribution is 2.21. The molecule has 0 heterocycles. The predicted octanol–water partition coefficient (Wildman–Crippen LogP) is 3.13. The summed E-state index contributed by atoms with van der Waals surface area (Å²) in [5.41, 5.74) is -0.575. The second-order valence-electron chi connectivity index (χ2n) is 4.44. The Hall–Kier alpha value is -0.0800. The first-order valence-electron chi connectivity index (χ1n) is 5.83. The van der Waals surface area contributed by atoms with Crippen LogP contribution < -0.4 is 0 Å². The molecule has 3 unspecified atom stereocenters. The maximum atomic E-state index is 9.93. The molecule has 0 bridgehead atoms. The van der Waals surface area contributed by atoms with E-state index in [4.69, 9.17) is 4.74 Å². The topological polar surface area (TPSA) is 29.5 Å². The summed E-state index contributed by atoms with van der Waals surface area (Å²) in [5, 5.41) is 9.93. The van der Waals surface area contributed by atoms with Crippen molar-refractivity contribution in [3.8, 4) is 0 Å². The Labute approximate surface area is 88.7 Å². The summed E-state index contributed by atoms with van der Waals surface area (Å²) in [4.78, 5) is 0. The van der Waals surface area contributed by atoms with Crippen molar-refractivity contribution >= 4 is 0 Å². The molecule has 0 rings (SSSR count). The molecule has 0 aliphatic heterocycles. The quantitative estimate of drug-likeness (QED) is 0.687. The Morgan fingerprint density at radius 3 is 2.14 bits per heavy atom. The molecule has 0 fully saturated rings. The smallest absolute Gasteiger partial charge is 0.0641 e. The molecule has 2 nitrogen and oxygen atoms in total. The van der Waals surface area contributed by atoms with Gasteiger partial charge < -0.3 is 9.84 Å². The fourth-order valence-corrected chi connectivity index (χ4v) is 1.35. The Morgan fingerprint density at radius 2 is 1.79 bits per heavy atom. The molecular weight excluding hydrogens is 176 g/mol. The van der Waals surface area contributed by atoms with Gasteiger partial charge in [0.2, 0.25) is 0 Å². The molecular formula is C12H26O2. The zero-order chi connectivity index (χ0) is 11.2. The zero-order valence-corrected chi connectivity index (χ0v) is 10.3. The molecule has 0 aromatic heterocycles. The van der Waals surface area contributed by atoms with E-state index in [1.54, 1.807) is 0 Å². The molecule has 86 valence electrons. The van der Waals surface area contributed by atoms with Crippen LogP contribution in [-0.2, 0) is 4.74 Å². The normalized spacial score (nSPS) is 20.1. The van der Waals surface area contributed by atoms with Crippen LogP contribution in [0.25, 0.3) is 0 Å². The Kier molecular flexibility index (Phi) is 6.38. The van der Waals surface area contributed by atoms with Crippen molar-refractivity contribution in [3.05, 3.63) is 0 Å². The number of ether oxygens (including phenoxy) is 1. The molecule has 0 aromatic carbocycles. The van der Waals surface area contributed by atoms with Gasteiger partial charge in [-0.15, -0.1) is 0 Å². The van der Waals surface area contributed by atoms with Crippen LogP contribution in [0.3, 0.4) is 0 Å². The first-order chi connectivity index (χ1) is 6.45. The maximum absolute atomic E-state index is 9.93. The zero-order valence-electron chi connectivity index (χ0n) is 10.3. The second kappa shape index (κ2) is 6.41. The first kappa shape index (κ1) is 13.9. The number of hydrogen-bond acceptors (Lipinski definition) is 2. The van der Waals surface area contributed by atoms with Crippen LogP contribution in [0.1, 0.15) is 60.3 Å². The highest BCUT2D eigenvalue weighted by Gasteiger charge is 2.23. The lowest BCUT2D eigenvalue weighted by Crippen LogP contribution is -2.32. The predicted molar refractivity (Wildman–Crippen MR) is 60.4 cm³/mol. The van der Waals surface area contributed by atoms with Crippen molar-refractivity contribution in [2.45, 2.75) is 78.1 Å². The van der Waals surface area contributed by atoms with E-state index in [0.29, 0.717) is 6.10 Å². The summed E-state index contributed by atoms with van der Waals surface area (Å²) in [7, 11) is 0. The van der Waals surface area contributed by atoms with Crippen molar-refractivity contribution in [2.75, 3.05) is 0 Å². The van der Waals surface area contributed by atoms with Crippen molar-refractivity contribution in [1.82, 2.24) is 0 Å². The summed E-state index contributed by atoms with van der Waals surface area (Å²) in [6.45, 7) is 10.2. The molecule has 0 saturated heterocycles. The minimum Gasteiger partial charge on any atom is -0.390 e. The molecule has 0 radical (unpaired) electrons. The molecule has 1 N–H and O–H groups in total. The fraction of sp³-hybridized carbons (Fsp3) is 1.00. The summed E-state index contributed by atoms with van der Waals surface area (Å²) in [6, 6.07) is 0. The lowest BCUT2D eigenvalue weighted by atomic mass is 9.94. The van der Waals surface area contributed by atoms with Gasteiger partial charge in [0.1, 0.15) is 0 Å². The number of rotatable bonds is 7.